The maximum absolute atomic E-state index is 12.7. The molecule has 7 rings (SSSR count). The first kappa shape index (κ1) is 25.3. The minimum absolute atomic E-state index is 0.0199. The first-order valence-corrected chi connectivity index (χ1v) is 16.5. The quantitative estimate of drug-likeness (QED) is 0.203. The summed E-state index contributed by atoms with van der Waals surface area (Å²) in [4.78, 5) is 14.0. The van der Waals surface area contributed by atoms with Gasteiger partial charge in [-0.2, -0.15) is 0 Å². The van der Waals surface area contributed by atoms with Gasteiger partial charge >= 0.3 is 27.2 Å². The van der Waals surface area contributed by atoms with Gasteiger partial charge in [-0.1, -0.05) is 30.3 Å². The summed E-state index contributed by atoms with van der Waals surface area (Å²) in [5.74, 6) is 4.18. The number of halogens is 1. The number of rotatable bonds is 9. The summed E-state index contributed by atoms with van der Waals surface area (Å²) < 4.78 is 14.8. The smallest absolute Gasteiger partial charge is 0.357 e. The van der Waals surface area contributed by atoms with Gasteiger partial charge in [0, 0.05) is 10.6 Å². The highest BCUT2D eigenvalue weighted by molar-refractivity contribution is 7.98. The molecule has 0 aliphatic heterocycles. The van der Waals surface area contributed by atoms with Crippen molar-refractivity contribution < 1.29 is 35.5 Å². The van der Waals surface area contributed by atoms with Gasteiger partial charge in [0.15, 0.2) is 13.7 Å². The summed E-state index contributed by atoms with van der Waals surface area (Å²) >= 11 is 1.72. The van der Waals surface area contributed by atoms with Crippen LogP contribution < -0.4 is 25.9 Å². The van der Waals surface area contributed by atoms with Crippen molar-refractivity contribution >= 4 is 17.7 Å². The zero-order chi connectivity index (χ0) is 25.2. The zero-order valence-electron chi connectivity index (χ0n) is 21.3. The van der Waals surface area contributed by atoms with Crippen LogP contribution >= 0.6 is 11.8 Å². The van der Waals surface area contributed by atoms with E-state index in [1.165, 1.54) is 49.7 Å². The molecule has 4 saturated carbocycles. The summed E-state index contributed by atoms with van der Waals surface area (Å²) in [6.07, 6.45) is 6.33. The fourth-order valence-electron chi connectivity index (χ4n) is 6.75. The maximum Gasteiger partial charge on any atom is 0.357 e. The van der Waals surface area contributed by atoms with E-state index >= 15 is 0 Å². The largest absolute Gasteiger partial charge is 0.482 e. The molecule has 4 bridgehead atoms. The second-order valence-electron chi connectivity index (χ2n) is 11.0. The van der Waals surface area contributed by atoms with Crippen LogP contribution in [-0.4, -0.2) is 18.2 Å². The normalized spacial score (nSPS) is 27.7. The number of hydrogen-bond donors (Lipinski definition) is 0. The van der Waals surface area contributed by atoms with Gasteiger partial charge in [-0.25, -0.2) is 4.79 Å². The van der Waals surface area contributed by atoms with Crippen LogP contribution in [0.15, 0.2) is 83.8 Å². The van der Waals surface area contributed by atoms with Crippen molar-refractivity contribution in [3.8, 4) is 5.75 Å². The van der Waals surface area contributed by atoms with E-state index in [4.69, 9.17) is 9.47 Å². The van der Waals surface area contributed by atoms with Crippen molar-refractivity contribution in [2.24, 2.45) is 23.7 Å². The van der Waals surface area contributed by atoms with Crippen LogP contribution in [0.25, 0.3) is 0 Å². The lowest BCUT2D eigenvalue weighted by molar-refractivity contribution is -0.597. The third-order valence-electron chi connectivity index (χ3n) is 8.54. The van der Waals surface area contributed by atoms with Gasteiger partial charge < -0.3 is 9.47 Å². The van der Waals surface area contributed by atoms with Gasteiger partial charge in [0.25, 0.3) is 0 Å². The van der Waals surface area contributed by atoms with Gasteiger partial charge in [-0.3, -0.25) is 0 Å². The van der Waals surface area contributed by atoms with Crippen LogP contribution in [0.2, 0.25) is 0 Å². The van der Waals surface area contributed by atoms with Gasteiger partial charge in [0.1, 0.15) is 11.4 Å². The SMILES string of the molecule is CC1(OC(=O)COc2ccc(CSc3ccc([I+]c4ccccc4)cc3)cc2)C2CC3CC(C2)CC1C3. The summed E-state index contributed by atoms with van der Waals surface area (Å²) in [6, 6.07) is 27.8. The molecule has 192 valence electrons. The molecule has 37 heavy (non-hydrogen) atoms. The van der Waals surface area contributed by atoms with Gasteiger partial charge in [-0.15, -0.1) is 11.8 Å². The lowest BCUT2D eigenvalue weighted by Gasteiger charge is -2.59. The van der Waals surface area contributed by atoms with E-state index in [-0.39, 0.29) is 39.4 Å². The number of benzene rings is 3. The fraction of sp³-hybridized carbons (Fsp3) is 0.406. The Balaban J connectivity index is 0.959. The number of thioether (sulfide) groups is 1. The minimum Gasteiger partial charge on any atom is -0.482 e. The minimum atomic E-state index is -0.295. The molecule has 0 amide bonds. The fourth-order valence-corrected chi connectivity index (χ4v) is 9.82. The highest BCUT2D eigenvalue weighted by Crippen LogP contribution is 2.59. The molecule has 0 atom stereocenters. The van der Waals surface area contributed by atoms with Crippen molar-refractivity contribution in [3.05, 3.63) is 91.6 Å². The van der Waals surface area contributed by atoms with Crippen molar-refractivity contribution in [1.82, 2.24) is 0 Å². The molecule has 3 aromatic rings. The topological polar surface area (TPSA) is 35.5 Å². The molecule has 4 fully saturated rings. The van der Waals surface area contributed by atoms with E-state index in [2.05, 4.69) is 73.7 Å². The van der Waals surface area contributed by atoms with E-state index in [0.29, 0.717) is 11.8 Å². The molecule has 0 radical (unpaired) electrons. The second-order valence-corrected chi connectivity index (χ2v) is 15.1. The number of carbonyl (C=O) groups excluding carboxylic acids is 1. The van der Waals surface area contributed by atoms with E-state index in [1.54, 1.807) is 0 Å². The average molecular weight is 626 g/mol. The van der Waals surface area contributed by atoms with E-state index in [1.807, 2.05) is 23.9 Å². The maximum atomic E-state index is 12.7. The van der Waals surface area contributed by atoms with Gasteiger partial charge in [0.2, 0.25) is 0 Å². The molecule has 4 aliphatic carbocycles. The van der Waals surface area contributed by atoms with Crippen molar-refractivity contribution in [1.29, 1.82) is 0 Å². The lowest BCUT2D eigenvalue weighted by atomic mass is 9.50. The highest BCUT2D eigenvalue weighted by atomic mass is 127. The monoisotopic (exact) mass is 625 g/mol. The predicted molar refractivity (Wildman–Crippen MR) is 143 cm³/mol. The summed E-state index contributed by atoms with van der Waals surface area (Å²) in [5, 5.41) is 0. The Hall–Kier alpha value is -1.99. The molecule has 4 aliphatic rings. The van der Waals surface area contributed by atoms with Crippen molar-refractivity contribution in [3.63, 3.8) is 0 Å². The Morgan fingerprint density at radius 3 is 2.11 bits per heavy atom. The molecule has 5 heteroatoms. The summed E-state index contributed by atoms with van der Waals surface area (Å²) in [5.41, 5.74) is 0.943. The van der Waals surface area contributed by atoms with E-state index in [0.717, 1.165) is 23.3 Å². The number of esters is 1. The van der Waals surface area contributed by atoms with Crippen LogP contribution in [0.4, 0.5) is 0 Å². The molecule has 0 N–H and O–H groups in total. The molecule has 3 aromatic carbocycles. The summed E-state index contributed by atoms with van der Waals surface area (Å²) in [7, 11) is 0. The average Bonchev–Trinajstić information content (AvgIpc) is 2.91. The van der Waals surface area contributed by atoms with Crippen LogP contribution in [0.1, 0.15) is 44.6 Å². The Bertz CT molecular complexity index is 1180. The highest BCUT2D eigenvalue weighted by Gasteiger charge is 2.57. The molecule has 3 nitrogen and oxygen atoms in total. The van der Waals surface area contributed by atoms with Crippen LogP contribution in [0.3, 0.4) is 0 Å². The molecular formula is C32H34IO3S+. The Kier molecular flexibility index (Phi) is 7.53. The van der Waals surface area contributed by atoms with Gasteiger partial charge in [0.05, 0.1) is 0 Å². The van der Waals surface area contributed by atoms with Crippen molar-refractivity contribution in [2.75, 3.05) is 6.61 Å². The molecule has 0 spiro atoms. The number of ether oxygens (including phenoxy) is 2. The van der Waals surface area contributed by atoms with Crippen LogP contribution in [0.5, 0.6) is 5.75 Å². The van der Waals surface area contributed by atoms with Crippen LogP contribution in [0, 0.1) is 30.8 Å². The first-order valence-electron chi connectivity index (χ1n) is 13.4. The third-order valence-corrected chi connectivity index (χ3v) is 12.3. The Morgan fingerprint density at radius 2 is 1.46 bits per heavy atom. The Morgan fingerprint density at radius 1 is 0.838 bits per heavy atom. The number of carbonyl (C=O) groups is 1. The molecule has 0 saturated heterocycles. The first-order chi connectivity index (χ1) is 18.0. The molecule has 0 aromatic heterocycles. The molecular weight excluding hydrogens is 591 g/mol. The Labute approximate surface area is 235 Å². The van der Waals surface area contributed by atoms with E-state index < -0.39 is 0 Å². The zero-order valence-corrected chi connectivity index (χ0v) is 24.2. The summed E-state index contributed by atoms with van der Waals surface area (Å²) in [6.45, 7) is 2.16. The molecule has 0 unspecified atom stereocenters. The third kappa shape index (κ3) is 5.88. The number of hydrogen-bond acceptors (Lipinski definition) is 4. The standard InChI is InChI=1S/C32H34IO3S/c1-32(25-16-23-15-24(18-25)19-26(32)17-23)36-31(34)20-35-29-11-7-22(8-12-29)21-37-30-13-9-28(10-14-30)33-27-5-3-2-4-6-27/h2-14,23-26H,15-21H2,1H3/q+1. The van der Waals surface area contributed by atoms with Crippen LogP contribution in [-0.2, 0) is 15.3 Å². The van der Waals surface area contributed by atoms with Gasteiger partial charge in [-0.05, 0) is 117 Å². The lowest BCUT2D eigenvalue weighted by Crippen LogP contribution is -3.61. The molecule has 0 heterocycles. The van der Waals surface area contributed by atoms with E-state index in [9.17, 15) is 4.79 Å². The van der Waals surface area contributed by atoms with Crippen molar-refractivity contribution in [2.45, 2.75) is 55.3 Å². The predicted octanol–water partition coefficient (Wildman–Crippen LogP) is 4.24. The second kappa shape index (κ2) is 11.0.